The van der Waals surface area contributed by atoms with E-state index in [1.165, 1.54) is 6.08 Å². The lowest BCUT2D eigenvalue weighted by atomic mass is 10.1. The minimum absolute atomic E-state index is 0.116. The monoisotopic (exact) mass is 330 g/mol. The van der Waals surface area contributed by atoms with Crippen LogP contribution in [-0.2, 0) is 0 Å². The molecule has 3 rings (SSSR count). The summed E-state index contributed by atoms with van der Waals surface area (Å²) < 4.78 is 0. The van der Waals surface area contributed by atoms with Crippen molar-refractivity contribution in [2.24, 2.45) is 0 Å². The van der Waals surface area contributed by atoms with E-state index in [0.717, 1.165) is 16.9 Å². The van der Waals surface area contributed by atoms with E-state index in [9.17, 15) is 4.79 Å². The van der Waals surface area contributed by atoms with Crippen LogP contribution in [0.15, 0.2) is 73.4 Å². The second-order valence-electron chi connectivity index (χ2n) is 5.49. The first-order chi connectivity index (χ1) is 12.2. The Balaban J connectivity index is 1.84. The summed E-state index contributed by atoms with van der Waals surface area (Å²) in [6, 6.07) is 17.0. The van der Waals surface area contributed by atoms with Gasteiger partial charge in [-0.2, -0.15) is 4.98 Å². The molecular weight excluding hydrogens is 312 g/mol. The smallest absolute Gasteiger partial charge is 0.229 e. The Morgan fingerprint density at radius 3 is 2.56 bits per heavy atom. The van der Waals surface area contributed by atoms with Crippen molar-refractivity contribution in [1.82, 2.24) is 9.97 Å². The average Bonchev–Trinajstić information content (AvgIpc) is 2.65. The van der Waals surface area contributed by atoms with Gasteiger partial charge in [-0.05, 0) is 37.3 Å². The molecule has 0 fully saturated rings. The maximum Gasteiger partial charge on any atom is 0.229 e. The topological polar surface area (TPSA) is 66.9 Å². The Morgan fingerprint density at radius 1 is 1.04 bits per heavy atom. The zero-order chi connectivity index (χ0) is 17.6. The van der Waals surface area contributed by atoms with E-state index < -0.39 is 0 Å². The predicted molar refractivity (Wildman–Crippen MR) is 101 cm³/mol. The summed E-state index contributed by atoms with van der Waals surface area (Å²) in [4.78, 5) is 20.6. The number of ketones is 1. The number of nitrogens with one attached hydrogen (secondary N) is 2. The number of hydrogen-bond acceptors (Lipinski definition) is 5. The number of benzene rings is 2. The molecule has 5 heteroatoms. The molecule has 0 aliphatic carbocycles. The highest BCUT2D eigenvalue weighted by atomic mass is 16.1. The average molecular weight is 330 g/mol. The Labute approximate surface area is 146 Å². The van der Waals surface area contributed by atoms with E-state index in [-0.39, 0.29) is 5.78 Å². The van der Waals surface area contributed by atoms with Crippen LogP contribution in [0.5, 0.6) is 0 Å². The molecule has 0 bridgehead atoms. The fourth-order valence-electron chi connectivity index (χ4n) is 2.28. The highest BCUT2D eigenvalue weighted by Crippen LogP contribution is 2.21. The molecule has 0 radical (unpaired) electrons. The van der Waals surface area contributed by atoms with Crippen molar-refractivity contribution in [3.63, 3.8) is 0 Å². The van der Waals surface area contributed by atoms with Crippen molar-refractivity contribution in [2.75, 3.05) is 10.6 Å². The number of nitrogens with zero attached hydrogens (tertiary/aromatic N) is 2. The van der Waals surface area contributed by atoms with Crippen molar-refractivity contribution in [2.45, 2.75) is 6.92 Å². The maximum absolute atomic E-state index is 11.8. The van der Waals surface area contributed by atoms with Gasteiger partial charge in [-0.3, -0.25) is 4.79 Å². The van der Waals surface area contributed by atoms with Crippen molar-refractivity contribution in [3.8, 4) is 0 Å². The predicted octanol–water partition coefficient (Wildman–Crippen LogP) is 4.64. The summed E-state index contributed by atoms with van der Waals surface area (Å²) >= 11 is 0. The minimum Gasteiger partial charge on any atom is -0.340 e. The summed E-state index contributed by atoms with van der Waals surface area (Å²) in [6.45, 7) is 5.44. The third-order valence-corrected chi connectivity index (χ3v) is 3.60. The summed E-state index contributed by atoms with van der Waals surface area (Å²) in [6.07, 6.45) is 3.05. The standard InChI is InChI=1S/C20H18N4O/c1-3-18(25)15-8-7-11-17(12-15)22-19-14(2)13-21-20(24-19)23-16-9-5-4-6-10-16/h3-13H,1H2,2H3,(H2,21,22,23,24). The normalized spacial score (nSPS) is 10.1. The van der Waals surface area contributed by atoms with Crippen LogP contribution < -0.4 is 10.6 Å². The highest BCUT2D eigenvalue weighted by molar-refractivity contribution is 6.04. The van der Waals surface area contributed by atoms with Gasteiger partial charge in [0.1, 0.15) is 5.82 Å². The van der Waals surface area contributed by atoms with Gasteiger partial charge in [-0.15, -0.1) is 0 Å². The van der Waals surface area contributed by atoms with E-state index in [1.807, 2.05) is 49.4 Å². The first-order valence-corrected chi connectivity index (χ1v) is 7.85. The molecule has 5 nitrogen and oxygen atoms in total. The fourth-order valence-corrected chi connectivity index (χ4v) is 2.28. The van der Waals surface area contributed by atoms with Gasteiger partial charge in [0, 0.05) is 28.7 Å². The van der Waals surface area contributed by atoms with Crippen LogP contribution in [0.4, 0.5) is 23.1 Å². The molecule has 0 spiro atoms. The second-order valence-corrected chi connectivity index (χ2v) is 5.49. The molecule has 25 heavy (non-hydrogen) atoms. The van der Waals surface area contributed by atoms with E-state index in [2.05, 4.69) is 27.2 Å². The SMILES string of the molecule is C=CC(=O)c1cccc(Nc2nc(Nc3ccccc3)ncc2C)c1. The van der Waals surface area contributed by atoms with Crippen LogP contribution in [0.2, 0.25) is 0 Å². The number of allylic oxidation sites excluding steroid dienone is 1. The molecule has 0 atom stereocenters. The number of carbonyl (C=O) groups excluding carboxylic acids is 1. The molecular formula is C20H18N4O. The maximum atomic E-state index is 11.8. The minimum atomic E-state index is -0.116. The Hall–Kier alpha value is -3.47. The number of carbonyl (C=O) groups is 1. The molecule has 2 N–H and O–H groups in total. The van der Waals surface area contributed by atoms with Gasteiger partial charge in [-0.25, -0.2) is 4.98 Å². The lowest BCUT2D eigenvalue weighted by molar-refractivity contribution is 0.104. The fraction of sp³-hybridized carbons (Fsp3) is 0.0500. The Bertz CT molecular complexity index is 907. The zero-order valence-corrected chi connectivity index (χ0v) is 13.9. The largest absolute Gasteiger partial charge is 0.340 e. The molecule has 3 aromatic rings. The third kappa shape index (κ3) is 4.09. The molecule has 1 aromatic heterocycles. The van der Waals surface area contributed by atoms with Gasteiger partial charge < -0.3 is 10.6 Å². The van der Waals surface area contributed by atoms with Crippen LogP contribution in [0.1, 0.15) is 15.9 Å². The molecule has 0 amide bonds. The van der Waals surface area contributed by atoms with Crippen LogP contribution in [0.3, 0.4) is 0 Å². The van der Waals surface area contributed by atoms with Crippen molar-refractivity contribution >= 4 is 28.9 Å². The van der Waals surface area contributed by atoms with E-state index in [1.54, 1.807) is 18.3 Å². The molecule has 1 heterocycles. The third-order valence-electron chi connectivity index (χ3n) is 3.60. The number of aryl methyl sites for hydroxylation is 1. The zero-order valence-electron chi connectivity index (χ0n) is 13.9. The molecule has 0 saturated carbocycles. The van der Waals surface area contributed by atoms with Crippen LogP contribution in [0, 0.1) is 6.92 Å². The van der Waals surface area contributed by atoms with Crippen LogP contribution in [0.25, 0.3) is 0 Å². The summed E-state index contributed by atoms with van der Waals surface area (Å²) in [7, 11) is 0. The van der Waals surface area contributed by atoms with E-state index in [4.69, 9.17) is 0 Å². The quantitative estimate of drug-likeness (QED) is 0.509. The van der Waals surface area contributed by atoms with E-state index in [0.29, 0.717) is 17.3 Å². The molecule has 124 valence electrons. The van der Waals surface area contributed by atoms with Crippen molar-refractivity contribution in [1.29, 1.82) is 0 Å². The van der Waals surface area contributed by atoms with Gasteiger partial charge >= 0.3 is 0 Å². The molecule has 0 unspecified atom stereocenters. The van der Waals surface area contributed by atoms with Gasteiger partial charge in [0.2, 0.25) is 5.95 Å². The molecule has 0 saturated heterocycles. The van der Waals surface area contributed by atoms with Gasteiger partial charge in [0.05, 0.1) is 0 Å². The number of para-hydroxylation sites is 1. The first kappa shape index (κ1) is 16.4. The van der Waals surface area contributed by atoms with Crippen molar-refractivity contribution < 1.29 is 4.79 Å². The Morgan fingerprint density at radius 2 is 1.80 bits per heavy atom. The van der Waals surface area contributed by atoms with Gasteiger partial charge in [0.25, 0.3) is 0 Å². The van der Waals surface area contributed by atoms with Crippen molar-refractivity contribution in [3.05, 3.63) is 84.6 Å². The van der Waals surface area contributed by atoms with Crippen LogP contribution in [-0.4, -0.2) is 15.8 Å². The second kappa shape index (κ2) is 7.40. The Kier molecular flexibility index (Phi) is 4.85. The molecule has 2 aromatic carbocycles. The van der Waals surface area contributed by atoms with E-state index >= 15 is 0 Å². The van der Waals surface area contributed by atoms with Gasteiger partial charge in [0.15, 0.2) is 5.78 Å². The summed E-state index contributed by atoms with van der Waals surface area (Å²) in [5.41, 5.74) is 3.17. The number of anilines is 4. The lowest BCUT2D eigenvalue weighted by Gasteiger charge is -2.11. The highest BCUT2D eigenvalue weighted by Gasteiger charge is 2.07. The summed E-state index contributed by atoms with van der Waals surface area (Å²) in [5, 5.41) is 6.41. The number of aromatic nitrogens is 2. The first-order valence-electron chi connectivity index (χ1n) is 7.85. The van der Waals surface area contributed by atoms with Crippen LogP contribution >= 0.6 is 0 Å². The number of hydrogen-bond donors (Lipinski definition) is 2. The lowest BCUT2D eigenvalue weighted by Crippen LogP contribution is -2.03. The molecule has 0 aliphatic heterocycles. The summed E-state index contributed by atoms with van der Waals surface area (Å²) in [5.74, 6) is 1.06. The van der Waals surface area contributed by atoms with Gasteiger partial charge in [-0.1, -0.05) is 36.9 Å². The molecule has 0 aliphatic rings. The number of rotatable bonds is 6.